The molecule has 0 aromatic carbocycles. The summed E-state index contributed by atoms with van der Waals surface area (Å²) in [6.07, 6.45) is 2.59. The van der Waals surface area contributed by atoms with Gasteiger partial charge < -0.3 is 9.84 Å². The molecule has 1 aliphatic heterocycles. The van der Waals surface area contributed by atoms with Crippen molar-refractivity contribution in [1.82, 2.24) is 9.88 Å². The molecule has 1 aromatic heterocycles. The summed E-state index contributed by atoms with van der Waals surface area (Å²) in [4.78, 5) is 6.70. The molecule has 0 aliphatic carbocycles. The zero-order chi connectivity index (χ0) is 12.8. The summed E-state index contributed by atoms with van der Waals surface area (Å²) in [7, 11) is 0. The van der Waals surface area contributed by atoms with Gasteiger partial charge in [-0.25, -0.2) is 0 Å². The minimum atomic E-state index is -0.382. The first kappa shape index (κ1) is 13.5. The second kappa shape index (κ2) is 6.83. The number of aromatic nitrogens is 1. The van der Waals surface area contributed by atoms with Crippen LogP contribution in [0.2, 0.25) is 0 Å². The molecule has 0 spiro atoms. The number of pyridine rings is 1. The Morgan fingerprint density at radius 3 is 3.17 bits per heavy atom. The third kappa shape index (κ3) is 3.77. The second-order valence-corrected chi connectivity index (χ2v) is 4.81. The maximum absolute atomic E-state index is 9.82. The van der Waals surface area contributed by atoms with E-state index in [1.807, 2.05) is 25.3 Å². The number of likely N-dealkylation sites (tertiary alicyclic amines) is 1. The van der Waals surface area contributed by atoms with Crippen LogP contribution in [0.3, 0.4) is 0 Å². The highest BCUT2D eigenvalue weighted by Crippen LogP contribution is 2.25. The summed E-state index contributed by atoms with van der Waals surface area (Å²) in [5.74, 6) is 0.505. The van der Waals surface area contributed by atoms with Crippen LogP contribution < -0.4 is 0 Å². The maximum Gasteiger partial charge on any atom is 0.0900 e. The fraction of sp³-hybridized carbons (Fsp3) is 0.643. The molecular weight excluding hydrogens is 228 g/mol. The fourth-order valence-electron chi connectivity index (χ4n) is 2.46. The molecule has 1 aliphatic rings. The summed E-state index contributed by atoms with van der Waals surface area (Å²) >= 11 is 0. The number of nitrogens with zero attached hydrogens (tertiary/aromatic N) is 2. The van der Waals surface area contributed by atoms with Crippen LogP contribution in [0.15, 0.2) is 24.4 Å². The quantitative estimate of drug-likeness (QED) is 0.826. The molecule has 1 fully saturated rings. The molecule has 0 saturated carbocycles. The van der Waals surface area contributed by atoms with Gasteiger partial charge in [0.15, 0.2) is 0 Å². The predicted molar refractivity (Wildman–Crippen MR) is 70.5 cm³/mol. The van der Waals surface area contributed by atoms with Crippen LogP contribution in [0.25, 0.3) is 0 Å². The van der Waals surface area contributed by atoms with Gasteiger partial charge in [0.2, 0.25) is 0 Å². The molecule has 4 heteroatoms. The topological polar surface area (TPSA) is 45.6 Å². The van der Waals surface area contributed by atoms with Crippen LogP contribution in [0.4, 0.5) is 0 Å². The summed E-state index contributed by atoms with van der Waals surface area (Å²) in [5, 5.41) is 9.82. The Morgan fingerprint density at radius 2 is 2.44 bits per heavy atom. The van der Waals surface area contributed by atoms with Crippen LogP contribution in [-0.2, 0) is 4.74 Å². The maximum atomic E-state index is 9.82. The van der Waals surface area contributed by atoms with Crippen molar-refractivity contribution in [2.75, 3.05) is 32.8 Å². The largest absolute Gasteiger partial charge is 0.389 e. The van der Waals surface area contributed by atoms with Gasteiger partial charge in [0.1, 0.15) is 0 Å². The van der Waals surface area contributed by atoms with Crippen molar-refractivity contribution in [3.63, 3.8) is 0 Å². The standard InChI is InChI=1S/C14H22N2O2/c1-2-18-11-13(17)10-16-8-6-12(9-16)14-5-3-4-7-15-14/h3-5,7,12-13,17H,2,6,8-11H2,1H3/t12-,13-/m1/s1. The Bertz CT molecular complexity index is 345. The van der Waals surface area contributed by atoms with Crippen LogP contribution in [0.1, 0.15) is 25.0 Å². The van der Waals surface area contributed by atoms with Crippen molar-refractivity contribution in [2.24, 2.45) is 0 Å². The van der Waals surface area contributed by atoms with Crippen LogP contribution in [0, 0.1) is 0 Å². The third-order valence-corrected chi connectivity index (χ3v) is 3.36. The SMILES string of the molecule is CCOC[C@H](O)CN1CC[C@@H](c2ccccn2)C1. The Hall–Kier alpha value is -0.970. The van der Waals surface area contributed by atoms with Crippen LogP contribution in [0.5, 0.6) is 0 Å². The molecule has 0 bridgehead atoms. The Labute approximate surface area is 109 Å². The number of ether oxygens (including phenoxy) is 1. The highest BCUT2D eigenvalue weighted by molar-refractivity contribution is 5.11. The van der Waals surface area contributed by atoms with Gasteiger partial charge in [0.25, 0.3) is 0 Å². The lowest BCUT2D eigenvalue weighted by Gasteiger charge is -2.19. The van der Waals surface area contributed by atoms with Crippen LogP contribution >= 0.6 is 0 Å². The van der Waals surface area contributed by atoms with E-state index < -0.39 is 0 Å². The van der Waals surface area contributed by atoms with Gasteiger partial charge in [-0.2, -0.15) is 0 Å². The van der Waals surface area contributed by atoms with Gasteiger partial charge in [0, 0.05) is 37.5 Å². The average molecular weight is 250 g/mol. The normalized spacial score (nSPS) is 22.2. The number of β-amino-alcohol motifs (C(OH)–C–C–N with tert-alkyl or cyclic N) is 1. The molecule has 4 nitrogen and oxygen atoms in total. The van der Waals surface area contributed by atoms with E-state index in [2.05, 4.69) is 16.0 Å². The number of aliphatic hydroxyl groups excluding tert-OH is 1. The van der Waals surface area contributed by atoms with E-state index in [4.69, 9.17) is 4.74 Å². The molecule has 1 saturated heterocycles. The van der Waals surface area contributed by atoms with E-state index in [0.717, 1.165) is 19.5 Å². The highest BCUT2D eigenvalue weighted by Gasteiger charge is 2.25. The summed E-state index contributed by atoms with van der Waals surface area (Å²) in [6, 6.07) is 6.07. The van der Waals surface area contributed by atoms with Gasteiger partial charge in [-0.05, 0) is 32.0 Å². The minimum absolute atomic E-state index is 0.382. The average Bonchev–Trinajstić information content (AvgIpc) is 2.86. The lowest BCUT2D eigenvalue weighted by atomic mass is 10.0. The molecule has 100 valence electrons. The first-order valence-corrected chi connectivity index (χ1v) is 6.68. The van der Waals surface area contributed by atoms with Crippen molar-refractivity contribution in [1.29, 1.82) is 0 Å². The van der Waals surface area contributed by atoms with Crippen molar-refractivity contribution in [2.45, 2.75) is 25.4 Å². The molecule has 0 radical (unpaired) electrons. The second-order valence-electron chi connectivity index (χ2n) is 4.81. The molecule has 2 heterocycles. The highest BCUT2D eigenvalue weighted by atomic mass is 16.5. The van der Waals surface area contributed by atoms with E-state index in [1.165, 1.54) is 5.69 Å². The van der Waals surface area contributed by atoms with Gasteiger partial charge in [-0.15, -0.1) is 0 Å². The fourth-order valence-corrected chi connectivity index (χ4v) is 2.46. The smallest absolute Gasteiger partial charge is 0.0900 e. The molecule has 18 heavy (non-hydrogen) atoms. The van der Waals surface area contributed by atoms with Crippen LogP contribution in [-0.4, -0.2) is 53.9 Å². The van der Waals surface area contributed by atoms with E-state index in [9.17, 15) is 5.11 Å². The zero-order valence-corrected chi connectivity index (χ0v) is 11.0. The summed E-state index contributed by atoms with van der Waals surface area (Å²) in [5.41, 5.74) is 1.17. The molecule has 0 unspecified atom stereocenters. The Kier molecular flexibility index (Phi) is 5.11. The lowest BCUT2D eigenvalue weighted by molar-refractivity contribution is 0.0250. The first-order chi connectivity index (χ1) is 8.79. The molecule has 2 atom stereocenters. The van der Waals surface area contributed by atoms with E-state index in [0.29, 0.717) is 25.7 Å². The van der Waals surface area contributed by atoms with E-state index >= 15 is 0 Å². The van der Waals surface area contributed by atoms with Crippen molar-refractivity contribution >= 4 is 0 Å². The van der Waals surface area contributed by atoms with Crippen molar-refractivity contribution in [3.05, 3.63) is 30.1 Å². The van der Waals surface area contributed by atoms with Gasteiger partial charge in [-0.3, -0.25) is 9.88 Å². The molecular formula is C14H22N2O2. The van der Waals surface area contributed by atoms with Gasteiger partial charge in [-0.1, -0.05) is 6.07 Å². The number of rotatable bonds is 6. The zero-order valence-electron chi connectivity index (χ0n) is 11.0. The number of aliphatic hydroxyl groups is 1. The molecule has 0 amide bonds. The first-order valence-electron chi connectivity index (χ1n) is 6.68. The molecule has 2 rings (SSSR count). The van der Waals surface area contributed by atoms with Crippen molar-refractivity contribution in [3.8, 4) is 0 Å². The Balaban J connectivity index is 1.78. The summed E-state index contributed by atoms with van der Waals surface area (Å²) < 4.78 is 5.23. The monoisotopic (exact) mass is 250 g/mol. The third-order valence-electron chi connectivity index (χ3n) is 3.36. The van der Waals surface area contributed by atoms with Crippen molar-refractivity contribution < 1.29 is 9.84 Å². The molecule has 1 N–H and O–H groups in total. The minimum Gasteiger partial charge on any atom is -0.389 e. The molecule has 1 aromatic rings. The lowest BCUT2D eigenvalue weighted by Crippen LogP contribution is -2.33. The number of hydrogen-bond donors (Lipinski definition) is 1. The van der Waals surface area contributed by atoms with Gasteiger partial charge >= 0.3 is 0 Å². The predicted octanol–water partition coefficient (Wildman–Crippen LogP) is 1.27. The van der Waals surface area contributed by atoms with E-state index in [-0.39, 0.29) is 6.10 Å². The Morgan fingerprint density at radius 1 is 1.56 bits per heavy atom. The summed E-state index contributed by atoms with van der Waals surface area (Å²) in [6.45, 7) is 5.75. The van der Waals surface area contributed by atoms with Gasteiger partial charge in [0.05, 0.1) is 12.7 Å². The van der Waals surface area contributed by atoms with E-state index in [1.54, 1.807) is 0 Å². The number of hydrogen-bond acceptors (Lipinski definition) is 4.